The van der Waals surface area contributed by atoms with Gasteiger partial charge in [0.05, 0.1) is 17.8 Å². The van der Waals surface area contributed by atoms with E-state index in [1.54, 1.807) is 18.3 Å². The second kappa shape index (κ2) is 4.61. The van der Waals surface area contributed by atoms with E-state index in [-0.39, 0.29) is 12.1 Å². The molecule has 1 N–H and O–H groups in total. The number of hydrogen-bond donors (Lipinski definition) is 1. The van der Waals surface area contributed by atoms with Gasteiger partial charge in [-0.15, -0.1) is 5.10 Å². The summed E-state index contributed by atoms with van der Waals surface area (Å²) in [5.74, 6) is -1.09. The third kappa shape index (κ3) is 2.05. The Kier molecular flexibility index (Phi) is 2.79. The lowest BCUT2D eigenvalue weighted by molar-refractivity contribution is 0.0696. The fraction of sp³-hybridized carbons (Fsp3) is 0.0769. The molecule has 0 radical (unpaired) electrons. The number of carboxylic acid groups (broad SMARTS) is 1. The van der Waals surface area contributed by atoms with Crippen molar-refractivity contribution in [2.75, 3.05) is 0 Å². The molecule has 0 unspecified atom stereocenters. The molecule has 7 heteroatoms. The Morgan fingerprint density at radius 3 is 2.80 bits per heavy atom. The first-order valence-corrected chi connectivity index (χ1v) is 5.87. The summed E-state index contributed by atoms with van der Waals surface area (Å²) in [6.07, 6.45) is 2.90. The molecule has 7 nitrogen and oxygen atoms in total. The number of pyridine rings is 2. The molecule has 3 heterocycles. The zero-order chi connectivity index (χ0) is 14.1. The van der Waals surface area contributed by atoms with Gasteiger partial charge in [0.15, 0.2) is 5.65 Å². The Morgan fingerprint density at radius 1 is 1.25 bits per heavy atom. The first kappa shape index (κ1) is 12.1. The van der Waals surface area contributed by atoms with Crippen molar-refractivity contribution in [2.45, 2.75) is 6.54 Å². The summed E-state index contributed by atoms with van der Waals surface area (Å²) in [6, 6.07) is 8.31. The van der Waals surface area contributed by atoms with Crippen molar-refractivity contribution in [1.29, 1.82) is 0 Å². The van der Waals surface area contributed by atoms with Crippen molar-refractivity contribution < 1.29 is 9.90 Å². The quantitative estimate of drug-likeness (QED) is 0.754. The van der Waals surface area contributed by atoms with Gasteiger partial charge in [0.2, 0.25) is 0 Å². The van der Waals surface area contributed by atoms with Crippen LogP contribution in [0.4, 0.5) is 0 Å². The fourth-order valence-electron chi connectivity index (χ4n) is 1.89. The van der Waals surface area contributed by atoms with Gasteiger partial charge in [-0.25, -0.2) is 18.7 Å². The maximum Gasteiger partial charge on any atom is 0.350 e. The topological polar surface area (TPSA) is 89.5 Å². The first-order chi connectivity index (χ1) is 9.65. The largest absolute Gasteiger partial charge is 0.478 e. The molecule has 100 valence electrons. The highest BCUT2D eigenvalue weighted by atomic mass is 16.4. The SMILES string of the molecule is O=C(O)c1ccc2nn(Cc3ccccn3)c(=O)n2c1. The Bertz CT molecular complexity index is 836. The molecule has 0 bridgehead atoms. The van der Waals surface area contributed by atoms with E-state index in [0.717, 1.165) is 0 Å². The number of nitrogens with zero attached hydrogens (tertiary/aromatic N) is 4. The molecule has 0 saturated carbocycles. The standard InChI is InChI=1S/C13H10N4O3/c18-12(19)9-4-5-11-15-17(13(20)16(11)7-9)8-10-3-1-2-6-14-10/h1-7H,8H2,(H,18,19). The molecule has 3 rings (SSSR count). The Hall–Kier alpha value is -2.96. The number of carboxylic acids is 1. The zero-order valence-corrected chi connectivity index (χ0v) is 10.3. The molecule has 3 aromatic heterocycles. The summed E-state index contributed by atoms with van der Waals surface area (Å²) >= 11 is 0. The van der Waals surface area contributed by atoms with Crippen LogP contribution in [0, 0.1) is 0 Å². The average molecular weight is 270 g/mol. The van der Waals surface area contributed by atoms with Crippen LogP contribution in [0.15, 0.2) is 47.5 Å². The molecule has 0 aliphatic carbocycles. The molecule has 3 aromatic rings. The van der Waals surface area contributed by atoms with E-state index in [2.05, 4.69) is 10.1 Å². The van der Waals surface area contributed by atoms with Crippen LogP contribution in [-0.2, 0) is 6.54 Å². The third-order valence-corrected chi connectivity index (χ3v) is 2.86. The zero-order valence-electron chi connectivity index (χ0n) is 10.3. The van der Waals surface area contributed by atoms with Crippen molar-refractivity contribution in [3.05, 3.63) is 64.5 Å². The molecule has 0 fully saturated rings. The highest BCUT2D eigenvalue weighted by Crippen LogP contribution is 2.03. The van der Waals surface area contributed by atoms with Gasteiger partial charge in [0, 0.05) is 12.4 Å². The lowest BCUT2D eigenvalue weighted by Crippen LogP contribution is -2.22. The summed E-state index contributed by atoms with van der Waals surface area (Å²) in [7, 11) is 0. The van der Waals surface area contributed by atoms with Gasteiger partial charge in [-0.05, 0) is 24.3 Å². The average Bonchev–Trinajstić information content (AvgIpc) is 2.76. The number of fused-ring (bicyclic) bond motifs is 1. The van der Waals surface area contributed by atoms with Crippen molar-refractivity contribution in [3.8, 4) is 0 Å². The van der Waals surface area contributed by atoms with Gasteiger partial charge >= 0.3 is 11.7 Å². The lowest BCUT2D eigenvalue weighted by Gasteiger charge is -1.97. The monoisotopic (exact) mass is 270 g/mol. The molecular formula is C13H10N4O3. The van der Waals surface area contributed by atoms with Gasteiger partial charge < -0.3 is 5.11 Å². The molecule has 0 aliphatic heterocycles. The maximum absolute atomic E-state index is 12.2. The van der Waals surface area contributed by atoms with Crippen LogP contribution in [0.1, 0.15) is 16.1 Å². The second-order valence-corrected chi connectivity index (χ2v) is 4.21. The first-order valence-electron chi connectivity index (χ1n) is 5.87. The lowest BCUT2D eigenvalue weighted by atomic mass is 10.3. The van der Waals surface area contributed by atoms with Crippen LogP contribution in [0.2, 0.25) is 0 Å². The Balaban J connectivity index is 2.07. The normalized spacial score (nSPS) is 10.8. The minimum absolute atomic E-state index is 0.0389. The summed E-state index contributed by atoms with van der Waals surface area (Å²) in [5, 5.41) is 13.1. The number of hydrogen-bond acceptors (Lipinski definition) is 4. The number of carbonyl (C=O) groups is 1. The Labute approximate surface area is 112 Å². The number of aromatic nitrogens is 4. The van der Waals surface area contributed by atoms with Crippen molar-refractivity contribution in [2.24, 2.45) is 0 Å². The van der Waals surface area contributed by atoms with Gasteiger partial charge in [-0.3, -0.25) is 4.98 Å². The molecule has 0 aromatic carbocycles. The highest BCUT2D eigenvalue weighted by molar-refractivity contribution is 5.87. The van der Waals surface area contributed by atoms with Gasteiger partial charge in [0.1, 0.15) is 0 Å². The molecule has 20 heavy (non-hydrogen) atoms. The maximum atomic E-state index is 12.2. The van der Waals surface area contributed by atoms with E-state index < -0.39 is 11.7 Å². The van der Waals surface area contributed by atoms with Gasteiger partial charge in [-0.2, -0.15) is 0 Å². The second-order valence-electron chi connectivity index (χ2n) is 4.21. The van der Waals surface area contributed by atoms with Crippen molar-refractivity contribution >= 4 is 11.6 Å². The predicted octanol–water partition coefficient (Wildman–Crippen LogP) is 0.637. The van der Waals surface area contributed by atoms with Crippen molar-refractivity contribution in [1.82, 2.24) is 19.2 Å². The fourth-order valence-corrected chi connectivity index (χ4v) is 1.89. The summed E-state index contributed by atoms with van der Waals surface area (Å²) in [4.78, 5) is 27.2. The van der Waals surface area contributed by atoms with Crippen LogP contribution < -0.4 is 5.69 Å². The van der Waals surface area contributed by atoms with Crippen LogP contribution in [0.5, 0.6) is 0 Å². The molecule has 0 amide bonds. The van der Waals surface area contributed by atoms with Gasteiger partial charge in [-0.1, -0.05) is 6.07 Å². The van der Waals surface area contributed by atoms with Crippen LogP contribution in [0.25, 0.3) is 5.65 Å². The molecule has 0 saturated heterocycles. The summed E-state index contributed by atoms with van der Waals surface area (Å²) < 4.78 is 2.47. The van der Waals surface area contributed by atoms with E-state index in [4.69, 9.17) is 5.11 Å². The van der Waals surface area contributed by atoms with Gasteiger partial charge in [0.25, 0.3) is 0 Å². The van der Waals surface area contributed by atoms with Crippen LogP contribution in [0.3, 0.4) is 0 Å². The molecule has 0 spiro atoms. The van der Waals surface area contributed by atoms with Crippen molar-refractivity contribution in [3.63, 3.8) is 0 Å². The minimum atomic E-state index is -1.09. The third-order valence-electron chi connectivity index (χ3n) is 2.86. The van der Waals surface area contributed by atoms with E-state index >= 15 is 0 Å². The number of rotatable bonds is 3. The summed E-state index contributed by atoms with van der Waals surface area (Å²) in [5.41, 5.74) is 0.748. The minimum Gasteiger partial charge on any atom is -0.478 e. The predicted molar refractivity (Wildman–Crippen MR) is 69.8 cm³/mol. The molecule has 0 aliphatic rings. The van der Waals surface area contributed by atoms with Crippen LogP contribution >= 0.6 is 0 Å². The Morgan fingerprint density at radius 2 is 2.10 bits per heavy atom. The van der Waals surface area contributed by atoms with E-state index in [1.807, 2.05) is 6.07 Å². The summed E-state index contributed by atoms with van der Waals surface area (Å²) in [6.45, 7) is 0.240. The molecule has 0 atom stereocenters. The van der Waals surface area contributed by atoms with Crippen LogP contribution in [-0.4, -0.2) is 30.2 Å². The van der Waals surface area contributed by atoms with E-state index in [9.17, 15) is 9.59 Å². The van der Waals surface area contributed by atoms with E-state index in [1.165, 1.54) is 27.4 Å². The smallest absolute Gasteiger partial charge is 0.350 e. The number of aromatic carboxylic acids is 1. The van der Waals surface area contributed by atoms with E-state index in [0.29, 0.717) is 11.3 Å². The highest BCUT2D eigenvalue weighted by Gasteiger charge is 2.10. The molecular weight excluding hydrogens is 260 g/mol.